The van der Waals surface area contributed by atoms with Gasteiger partial charge in [-0.05, 0) is 31.2 Å². The van der Waals surface area contributed by atoms with E-state index in [1.54, 1.807) is 31.4 Å². The maximum atomic E-state index is 12.5. The van der Waals surface area contributed by atoms with Crippen LogP contribution in [0.15, 0.2) is 48.5 Å². The Morgan fingerprint density at radius 1 is 1.24 bits per heavy atom. The molecular weight excluding hydrogens is 318 g/mol. The van der Waals surface area contributed by atoms with Gasteiger partial charge >= 0.3 is 0 Å². The van der Waals surface area contributed by atoms with Crippen LogP contribution in [0.4, 0.5) is 17.1 Å². The maximum absolute atomic E-state index is 12.5. The molecule has 25 heavy (non-hydrogen) atoms. The van der Waals surface area contributed by atoms with Crippen LogP contribution < -0.4 is 20.3 Å². The van der Waals surface area contributed by atoms with E-state index in [1.807, 2.05) is 36.1 Å². The summed E-state index contributed by atoms with van der Waals surface area (Å²) in [6.45, 7) is 2.61. The Bertz CT molecular complexity index is 791. The second-order valence-corrected chi connectivity index (χ2v) is 5.79. The predicted molar refractivity (Wildman–Crippen MR) is 98.1 cm³/mol. The number of likely N-dealkylation sites (N-methyl/N-ethyl adjacent to an activating group) is 1. The van der Waals surface area contributed by atoms with E-state index in [2.05, 4.69) is 10.6 Å². The van der Waals surface area contributed by atoms with Crippen molar-refractivity contribution in [1.29, 1.82) is 0 Å². The zero-order valence-electron chi connectivity index (χ0n) is 14.3. The van der Waals surface area contributed by atoms with Crippen molar-refractivity contribution in [3.05, 3.63) is 48.5 Å². The summed E-state index contributed by atoms with van der Waals surface area (Å²) in [5.74, 6) is 0.282. The van der Waals surface area contributed by atoms with E-state index in [0.29, 0.717) is 18.0 Å². The lowest BCUT2D eigenvalue weighted by atomic mass is 10.0. The zero-order valence-corrected chi connectivity index (χ0v) is 14.3. The quantitative estimate of drug-likeness (QED) is 0.879. The van der Waals surface area contributed by atoms with Crippen LogP contribution in [0.25, 0.3) is 0 Å². The molecular formula is C19H21N3O3. The number of nitrogens with zero attached hydrogens (tertiary/aromatic N) is 1. The topological polar surface area (TPSA) is 70.7 Å². The number of anilines is 3. The molecule has 130 valence electrons. The average molecular weight is 339 g/mol. The third-order valence-corrected chi connectivity index (χ3v) is 4.22. The number of nitrogens with one attached hydrogen (secondary N) is 2. The van der Waals surface area contributed by atoms with E-state index in [-0.39, 0.29) is 18.2 Å². The van der Waals surface area contributed by atoms with Gasteiger partial charge in [0.2, 0.25) is 11.8 Å². The minimum Gasteiger partial charge on any atom is -0.497 e. The lowest BCUT2D eigenvalue weighted by Gasteiger charge is -2.37. The van der Waals surface area contributed by atoms with Crippen molar-refractivity contribution in [3.8, 4) is 5.75 Å². The largest absolute Gasteiger partial charge is 0.497 e. The van der Waals surface area contributed by atoms with Crippen LogP contribution in [0.1, 0.15) is 13.3 Å². The summed E-state index contributed by atoms with van der Waals surface area (Å²) in [7, 11) is 1.57. The number of ether oxygens (including phenoxy) is 1. The van der Waals surface area contributed by atoms with E-state index in [1.165, 1.54) is 0 Å². The van der Waals surface area contributed by atoms with Gasteiger partial charge in [0.25, 0.3) is 0 Å². The van der Waals surface area contributed by atoms with Crippen LogP contribution >= 0.6 is 0 Å². The van der Waals surface area contributed by atoms with Gasteiger partial charge in [0.1, 0.15) is 11.8 Å². The van der Waals surface area contributed by atoms with Crippen LogP contribution in [0.2, 0.25) is 0 Å². The molecule has 0 fully saturated rings. The number of hydrogen-bond acceptors (Lipinski definition) is 4. The van der Waals surface area contributed by atoms with Crippen LogP contribution in [0.3, 0.4) is 0 Å². The summed E-state index contributed by atoms with van der Waals surface area (Å²) in [5, 5.41) is 5.71. The highest BCUT2D eigenvalue weighted by molar-refractivity contribution is 6.06. The van der Waals surface area contributed by atoms with Gasteiger partial charge in [-0.1, -0.05) is 18.2 Å². The number of carbonyl (C=O) groups is 2. The normalized spacial score (nSPS) is 16.0. The van der Waals surface area contributed by atoms with E-state index in [0.717, 1.165) is 11.4 Å². The van der Waals surface area contributed by atoms with E-state index < -0.39 is 6.04 Å². The smallest absolute Gasteiger partial charge is 0.247 e. The van der Waals surface area contributed by atoms with E-state index in [9.17, 15) is 9.59 Å². The Kier molecular flexibility index (Phi) is 4.88. The second kappa shape index (κ2) is 7.25. The summed E-state index contributed by atoms with van der Waals surface area (Å²) in [4.78, 5) is 26.9. The number of para-hydroxylation sites is 2. The molecule has 1 heterocycles. The Morgan fingerprint density at radius 2 is 2.04 bits per heavy atom. The lowest BCUT2D eigenvalue weighted by Crippen LogP contribution is -2.49. The minimum absolute atomic E-state index is 0.0746. The number of amides is 2. The molecule has 0 bridgehead atoms. The number of carbonyl (C=O) groups excluding carboxylic acids is 2. The molecule has 2 aromatic rings. The molecule has 0 radical (unpaired) electrons. The summed E-state index contributed by atoms with van der Waals surface area (Å²) in [6.07, 6.45) is 0.0746. The Morgan fingerprint density at radius 3 is 2.80 bits per heavy atom. The summed E-state index contributed by atoms with van der Waals surface area (Å²) in [6, 6.07) is 14.2. The standard InChI is InChI=1S/C19H21N3O3/c1-3-22-16-10-5-4-9-15(16)21-19(24)17(22)12-18(23)20-13-7-6-8-14(11-13)25-2/h4-11,17H,3,12H2,1-2H3,(H,20,23)(H,21,24). The maximum Gasteiger partial charge on any atom is 0.247 e. The number of rotatable bonds is 5. The molecule has 0 aromatic heterocycles. The van der Waals surface area contributed by atoms with Crippen LogP contribution in [0, 0.1) is 0 Å². The van der Waals surface area contributed by atoms with Crippen molar-refractivity contribution in [2.45, 2.75) is 19.4 Å². The third kappa shape index (κ3) is 3.57. The van der Waals surface area contributed by atoms with Crippen LogP contribution in [0.5, 0.6) is 5.75 Å². The van der Waals surface area contributed by atoms with E-state index in [4.69, 9.17) is 4.74 Å². The highest BCUT2D eigenvalue weighted by atomic mass is 16.5. The molecule has 0 aliphatic carbocycles. The number of benzene rings is 2. The van der Waals surface area contributed by atoms with E-state index >= 15 is 0 Å². The Balaban J connectivity index is 1.74. The number of hydrogen-bond donors (Lipinski definition) is 2. The molecule has 1 atom stereocenters. The molecule has 2 aromatic carbocycles. The van der Waals surface area contributed by atoms with Crippen molar-refractivity contribution < 1.29 is 14.3 Å². The monoisotopic (exact) mass is 339 g/mol. The van der Waals surface area contributed by atoms with Crippen molar-refractivity contribution in [3.63, 3.8) is 0 Å². The van der Waals surface area contributed by atoms with Crippen LogP contribution in [-0.2, 0) is 9.59 Å². The number of fused-ring (bicyclic) bond motifs is 1. The van der Waals surface area contributed by atoms with Gasteiger partial charge in [0.05, 0.1) is 24.9 Å². The molecule has 1 unspecified atom stereocenters. The van der Waals surface area contributed by atoms with Crippen molar-refractivity contribution in [2.75, 3.05) is 29.2 Å². The molecule has 6 heteroatoms. The second-order valence-electron chi connectivity index (χ2n) is 5.79. The lowest BCUT2D eigenvalue weighted by molar-refractivity contribution is -0.122. The molecule has 2 N–H and O–H groups in total. The highest BCUT2D eigenvalue weighted by Gasteiger charge is 2.33. The van der Waals surface area contributed by atoms with Gasteiger partial charge in [-0.25, -0.2) is 0 Å². The van der Waals surface area contributed by atoms with Gasteiger partial charge in [-0.2, -0.15) is 0 Å². The molecule has 6 nitrogen and oxygen atoms in total. The van der Waals surface area contributed by atoms with Crippen molar-refractivity contribution >= 4 is 28.9 Å². The third-order valence-electron chi connectivity index (χ3n) is 4.22. The van der Waals surface area contributed by atoms with Gasteiger partial charge in [-0.3, -0.25) is 9.59 Å². The van der Waals surface area contributed by atoms with Gasteiger partial charge < -0.3 is 20.3 Å². The molecule has 3 rings (SSSR count). The van der Waals surface area contributed by atoms with Crippen molar-refractivity contribution in [2.24, 2.45) is 0 Å². The number of methoxy groups -OCH3 is 1. The zero-order chi connectivity index (χ0) is 17.8. The molecule has 0 saturated carbocycles. The minimum atomic E-state index is -0.537. The molecule has 0 spiro atoms. The summed E-state index contributed by atoms with van der Waals surface area (Å²) < 4.78 is 5.15. The van der Waals surface area contributed by atoms with Gasteiger partial charge in [0.15, 0.2) is 0 Å². The first kappa shape index (κ1) is 16.8. The fourth-order valence-corrected chi connectivity index (χ4v) is 3.04. The van der Waals surface area contributed by atoms with Gasteiger partial charge in [-0.15, -0.1) is 0 Å². The first-order valence-corrected chi connectivity index (χ1v) is 8.22. The first-order chi connectivity index (χ1) is 12.1. The fourth-order valence-electron chi connectivity index (χ4n) is 3.04. The van der Waals surface area contributed by atoms with Gasteiger partial charge in [0, 0.05) is 18.3 Å². The predicted octanol–water partition coefficient (Wildman–Crippen LogP) is 2.87. The fraction of sp³-hybridized carbons (Fsp3) is 0.263. The molecule has 1 aliphatic rings. The Labute approximate surface area is 146 Å². The highest BCUT2D eigenvalue weighted by Crippen LogP contribution is 2.32. The first-order valence-electron chi connectivity index (χ1n) is 8.22. The Hall–Kier alpha value is -3.02. The van der Waals surface area contributed by atoms with Crippen LogP contribution in [-0.4, -0.2) is 31.5 Å². The summed E-state index contributed by atoms with van der Waals surface area (Å²) >= 11 is 0. The SMILES string of the molecule is CCN1c2ccccc2NC(=O)C1CC(=O)Nc1cccc(OC)c1. The average Bonchev–Trinajstić information content (AvgIpc) is 2.62. The van der Waals surface area contributed by atoms with Crippen molar-refractivity contribution in [1.82, 2.24) is 0 Å². The summed E-state index contributed by atoms with van der Waals surface area (Å²) in [5.41, 5.74) is 2.35. The molecule has 0 saturated heterocycles. The molecule has 2 amide bonds. The molecule has 1 aliphatic heterocycles.